The standard InChI is InChI=1S/C16H31N/c1-15(2,3)17-13-16(11-8-12-16)14-9-6-4-5-7-10-14/h14,17H,4-13H2,1-3H3. The molecule has 0 aromatic heterocycles. The molecule has 0 aliphatic heterocycles. The van der Waals surface area contributed by atoms with Crippen LogP contribution in [0.3, 0.4) is 0 Å². The molecule has 100 valence electrons. The number of rotatable bonds is 3. The Morgan fingerprint density at radius 3 is 1.94 bits per heavy atom. The van der Waals surface area contributed by atoms with E-state index in [4.69, 9.17) is 0 Å². The molecule has 0 aromatic rings. The molecule has 2 rings (SSSR count). The molecule has 0 spiro atoms. The SMILES string of the molecule is CC(C)(C)NCC1(C2CCCCCC2)CCC1. The van der Waals surface area contributed by atoms with Crippen molar-refractivity contribution >= 4 is 0 Å². The molecule has 0 unspecified atom stereocenters. The van der Waals surface area contributed by atoms with Gasteiger partial charge in [0.15, 0.2) is 0 Å². The molecule has 2 fully saturated rings. The molecule has 17 heavy (non-hydrogen) atoms. The van der Waals surface area contributed by atoms with E-state index in [1.54, 1.807) is 0 Å². The van der Waals surface area contributed by atoms with Crippen LogP contribution in [0.4, 0.5) is 0 Å². The van der Waals surface area contributed by atoms with Gasteiger partial charge < -0.3 is 5.32 Å². The summed E-state index contributed by atoms with van der Waals surface area (Å²) in [4.78, 5) is 0. The lowest BCUT2D eigenvalue weighted by molar-refractivity contribution is 0.0324. The van der Waals surface area contributed by atoms with Crippen LogP contribution in [0.25, 0.3) is 0 Å². The third kappa shape index (κ3) is 3.47. The maximum atomic E-state index is 3.78. The van der Waals surface area contributed by atoms with E-state index in [-0.39, 0.29) is 5.54 Å². The fourth-order valence-electron chi connectivity index (χ4n) is 3.69. The number of nitrogens with one attached hydrogen (secondary N) is 1. The van der Waals surface area contributed by atoms with Crippen LogP contribution in [-0.4, -0.2) is 12.1 Å². The van der Waals surface area contributed by atoms with Crippen molar-refractivity contribution in [2.45, 2.75) is 84.1 Å². The van der Waals surface area contributed by atoms with Gasteiger partial charge in [0.1, 0.15) is 0 Å². The van der Waals surface area contributed by atoms with Gasteiger partial charge in [0.25, 0.3) is 0 Å². The molecule has 0 bridgehead atoms. The molecule has 2 aliphatic rings. The third-order valence-corrected chi connectivity index (χ3v) is 5.04. The van der Waals surface area contributed by atoms with E-state index in [0.29, 0.717) is 5.41 Å². The van der Waals surface area contributed by atoms with Gasteiger partial charge in [0.05, 0.1) is 0 Å². The second-order valence-corrected chi connectivity index (χ2v) is 7.51. The summed E-state index contributed by atoms with van der Waals surface area (Å²) in [7, 11) is 0. The maximum absolute atomic E-state index is 3.78. The van der Waals surface area contributed by atoms with Crippen LogP contribution in [-0.2, 0) is 0 Å². The Balaban J connectivity index is 1.93. The van der Waals surface area contributed by atoms with E-state index in [9.17, 15) is 0 Å². The Kier molecular flexibility index (Phi) is 4.18. The van der Waals surface area contributed by atoms with Crippen LogP contribution in [0.2, 0.25) is 0 Å². The summed E-state index contributed by atoms with van der Waals surface area (Å²) in [6.45, 7) is 8.16. The van der Waals surface area contributed by atoms with Crippen LogP contribution in [0.5, 0.6) is 0 Å². The summed E-state index contributed by atoms with van der Waals surface area (Å²) in [5.41, 5.74) is 0.963. The minimum Gasteiger partial charge on any atom is -0.312 e. The van der Waals surface area contributed by atoms with Gasteiger partial charge in [-0.1, -0.05) is 32.1 Å². The Morgan fingerprint density at radius 1 is 0.941 bits per heavy atom. The molecule has 0 atom stereocenters. The quantitative estimate of drug-likeness (QED) is 0.712. The van der Waals surface area contributed by atoms with Gasteiger partial charge in [-0.25, -0.2) is 0 Å². The molecule has 0 saturated heterocycles. The van der Waals surface area contributed by atoms with E-state index in [1.165, 1.54) is 64.3 Å². The van der Waals surface area contributed by atoms with Gasteiger partial charge in [-0.3, -0.25) is 0 Å². The van der Waals surface area contributed by atoms with Crippen LogP contribution < -0.4 is 5.32 Å². The van der Waals surface area contributed by atoms with Crippen molar-refractivity contribution in [3.63, 3.8) is 0 Å². The average molecular weight is 237 g/mol. The van der Waals surface area contributed by atoms with Gasteiger partial charge in [0.2, 0.25) is 0 Å². The molecule has 0 amide bonds. The Bertz CT molecular complexity index is 226. The van der Waals surface area contributed by atoms with Crippen molar-refractivity contribution in [1.82, 2.24) is 5.32 Å². The van der Waals surface area contributed by atoms with Crippen molar-refractivity contribution in [2.24, 2.45) is 11.3 Å². The summed E-state index contributed by atoms with van der Waals surface area (Å²) in [5, 5.41) is 3.78. The summed E-state index contributed by atoms with van der Waals surface area (Å²) in [6, 6.07) is 0. The van der Waals surface area contributed by atoms with Crippen molar-refractivity contribution in [3.8, 4) is 0 Å². The smallest absolute Gasteiger partial charge is 0.00967 e. The predicted octanol–water partition coefficient (Wildman–Crippen LogP) is 4.52. The third-order valence-electron chi connectivity index (χ3n) is 5.04. The zero-order valence-electron chi connectivity index (χ0n) is 12.1. The molecular formula is C16H31N. The van der Waals surface area contributed by atoms with Gasteiger partial charge >= 0.3 is 0 Å². The largest absolute Gasteiger partial charge is 0.312 e. The van der Waals surface area contributed by atoms with Crippen molar-refractivity contribution in [1.29, 1.82) is 0 Å². The normalized spacial score (nSPS) is 26.3. The first-order valence-corrected chi connectivity index (χ1v) is 7.77. The van der Waals surface area contributed by atoms with Crippen LogP contribution >= 0.6 is 0 Å². The zero-order chi connectivity index (χ0) is 12.4. The second kappa shape index (κ2) is 5.30. The monoisotopic (exact) mass is 237 g/mol. The average Bonchev–Trinajstić information content (AvgIpc) is 2.43. The van der Waals surface area contributed by atoms with Crippen molar-refractivity contribution in [2.75, 3.05) is 6.54 Å². The highest BCUT2D eigenvalue weighted by Crippen LogP contribution is 2.51. The Hall–Kier alpha value is -0.0400. The minimum absolute atomic E-state index is 0.285. The Morgan fingerprint density at radius 2 is 1.53 bits per heavy atom. The summed E-state index contributed by atoms with van der Waals surface area (Å²) < 4.78 is 0. The van der Waals surface area contributed by atoms with Gasteiger partial charge in [-0.2, -0.15) is 0 Å². The molecule has 1 heteroatoms. The topological polar surface area (TPSA) is 12.0 Å². The van der Waals surface area contributed by atoms with E-state index < -0.39 is 0 Å². The van der Waals surface area contributed by atoms with Gasteiger partial charge in [-0.15, -0.1) is 0 Å². The predicted molar refractivity (Wildman–Crippen MR) is 75.2 cm³/mol. The molecule has 0 aromatic carbocycles. The molecule has 0 radical (unpaired) electrons. The second-order valence-electron chi connectivity index (χ2n) is 7.51. The fraction of sp³-hybridized carbons (Fsp3) is 1.00. The van der Waals surface area contributed by atoms with Gasteiger partial charge in [-0.05, 0) is 57.8 Å². The van der Waals surface area contributed by atoms with E-state index in [0.717, 1.165) is 5.92 Å². The van der Waals surface area contributed by atoms with E-state index >= 15 is 0 Å². The maximum Gasteiger partial charge on any atom is 0.00967 e. The van der Waals surface area contributed by atoms with E-state index in [2.05, 4.69) is 26.1 Å². The summed E-state index contributed by atoms with van der Waals surface area (Å²) >= 11 is 0. The highest BCUT2D eigenvalue weighted by Gasteiger charge is 2.43. The molecule has 2 aliphatic carbocycles. The number of hydrogen-bond donors (Lipinski definition) is 1. The molecule has 0 heterocycles. The lowest BCUT2D eigenvalue weighted by Gasteiger charge is -2.49. The first-order chi connectivity index (χ1) is 8.02. The van der Waals surface area contributed by atoms with Crippen molar-refractivity contribution < 1.29 is 0 Å². The first-order valence-electron chi connectivity index (χ1n) is 7.77. The molecule has 1 N–H and O–H groups in total. The van der Waals surface area contributed by atoms with Crippen LogP contribution in [0, 0.1) is 11.3 Å². The minimum atomic E-state index is 0.285. The first kappa shape index (κ1) is 13.4. The fourth-order valence-corrected chi connectivity index (χ4v) is 3.69. The van der Waals surface area contributed by atoms with E-state index in [1.807, 2.05) is 0 Å². The Labute approximate surface area is 108 Å². The summed E-state index contributed by atoms with van der Waals surface area (Å²) in [6.07, 6.45) is 13.4. The zero-order valence-corrected chi connectivity index (χ0v) is 12.1. The number of hydrogen-bond acceptors (Lipinski definition) is 1. The molecule has 1 nitrogen and oxygen atoms in total. The lowest BCUT2D eigenvalue weighted by atomic mass is 9.59. The van der Waals surface area contributed by atoms with Gasteiger partial charge in [0, 0.05) is 12.1 Å². The summed E-state index contributed by atoms with van der Waals surface area (Å²) in [5.74, 6) is 1.02. The van der Waals surface area contributed by atoms with Crippen LogP contribution in [0.1, 0.15) is 78.6 Å². The molecular weight excluding hydrogens is 206 g/mol. The highest BCUT2D eigenvalue weighted by atomic mass is 15.0. The highest BCUT2D eigenvalue weighted by molar-refractivity contribution is 4.96. The van der Waals surface area contributed by atoms with Crippen molar-refractivity contribution in [3.05, 3.63) is 0 Å². The lowest BCUT2D eigenvalue weighted by Crippen LogP contribution is -2.50. The molecule has 2 saturated carbocycles. The van der Waals surface area contributed by atoms with Crippen LogP contribution in [0.15, 0.2) is 0 Å².